The fraction of sp³-hybridized carbons (Fsp3) is 0.200. The maximum absolute atomic E-state index is 6.16. The number of hydrogen-bond donors (Lipinski definition) is 2. The second-order valence-electron chi connectivity index (χ2n) is 7.20. The molecule has 25 heavy (non-hydrogen) atoms. The first-order valence-corrected chi connectivity index (χ1v) is 9.05. The molecule has 126 valence electrons. The molecule has 0 amide bonds. The first-order valence-electron chi connectivity index (χ1n) is 8.23. The number of aromatic amines is 1. The van der Waals surface area contributed by atoms with E-state index in [1.165, 1.54) is 5.56 Å². The second-order valence-corrected chi connectivity index (χ2v) is 8.23. The molecule has 0 spiro atoms. The van der Waals surface area contributed by atoms with Gasteiger partial charge in [0.15, 0.2) is 0 Å². The highest BCUT2D eigenvalue weighted by Gasteiger charge is 2.20. The number of anilines is 1. The van der Waals surface area contributed by atoms with Gasteiger partial charge in [-0.15, -0.1) is 11.3 Å². The van der Waals surface area contributed by atoms with Gasteiger partial charge in [-0.25, -0.2) is 4.98 Å². The average Bonchev–Trinajstić information content (AvgIpc) is 3.23. The molecule has 5 heteroatoms. The van der Waals surface area contributed by atoms with Crippen molar-refractivity contribution in [2.75, 3.05) is 5.73 Å². The summed E-state index contributed by atoms with van der Waals surface area (Å²) in [7, 11) is 0. The SMILES string of the molecule is CC(C)(C)c1cc(-c2ccn[nH]2)c2nc(-c3ccccc3N)sc2c1. The van der Waals surface area contributed by atoms with Crippen molar-refractivity contribution in [2.45, 2.75) is 26.2 Å². The van der Waals surface area contributed by atoms with Crippen LogP contribution < -0.4 is 5.73 Å². The van der Waals surface area contributed by atoms with Crippen LogP contribution in [0.2, 0.25) is 0 Å². The lowest BCUT2D eigenvalue weighted by Gasteiger charge is -2.20. The van der Waals surface area contributed by atoms with Crippen LogP contribution in [0, 0.1) is 0 Å². The van der Waals surface area contributed by atoms with Gasteiger partial charge in [0.05, 0.1) is 15.9 Å². The summed E-state index contributed by atoms with van der Waals surface area (Å²) in [6.45, 7) is 6.67. The van der Waals surface area contributed by atoms with Gasteiger partial charge in [-0.2, -0.15) is 5.10 Å². The Kier molecular flexibility index (Phi) is 3.62. The number of nitrogens with two attached hydrogens (primary N) is 1. The number of para-hydroxylation sites is 1. The Labute approximate surface area is 150 Å². The first kappa shape index (κ1) is 15.8. The lowest BCUT2D eigenvalue weighted by atomic mass is 9.85. The highest BCUT2D eigenvalue weighted by Crippen LogP contribution is 2.39. The third-order valence-corrected chi connectivity index (χ3v) is 5.38. The molecule has 0 aliphatic rings. The van der Waals surface area contributed by atoms with Gasteiger partial charge in [-0.05, 0) is 41.3 Å². The van der Waals surface area contributed by atoms with E-state index in [9.17, 15) is 0 Å². The van der Waals surface area contributed by atoms with E-state index < -0.39 is 0 Å². The number of H-pyrrole nitrogens is 1. The molecule has 4 aromatic rings. The lowest BCUT2D eigenvalue weighted by Crippen LogP contribution is -2.11. The topological polar surface area (TPSA) is 67.6 Å². The van der Waals surface area contributed by atoms with E-state index in [1.54, 1.807) is 17.5 Å². The molecule has 4 nitrogen and oxygen atoms in total. The van der Waals surface area contributed by atoms with Crippen LogP contribution in [0.4, 0.5) is 5.69 Å². The van der Waals surface area contributed by atoms with Crippen LogP contribution in [0.1, 0.15) is 26.3 Å². The summed E-state index contributed by atoms with van der Waals surface area (Å²) in [5, 5.41) is 8.13. The van der Waals surface area contributed by atoms with E-state index in [-0.39, 0.29) is 5.41 Å². The molecule has 4 rings (SSSR count). The van der Waals surface area contributed by atoms with E-state index in [0.717, 1.165) is 37.7 Å². The van der Waals surface area contributed by atoms with Gasteiger partial charge in [-0.3, -0.25) is 5.10 Å². The fourth-order valence-corrected chi connectivity index (χ4v) is 3.96. The third-order valence-electron chi connectivity index (χ3n) is 4.34. The van der Waals surface area contributed by atoms with Gasteiger partial charge in [0.25, 0.3) is 0 Å². The van der Waals surface area contributed by atoms with Crippen molar-refractivity contribution in [1.29, 1.82) is 0 Å². The normalized spacial score (nSPS) is 12.0. The molecule has 0 atom stereocenters. The maximum Gasteiger partial charge on any atom is 0.126 e. The van der Waals surface area contributed by atoms with Crippen molar-refractivity contribution in [3.63, 3.8) is 0 Å². The van der Waals surface area contributed by atoms with Crippen molar-refractivity contribution in [3.05, 3.63) is 54.2 Å². The zero-order valence-electron chi connectivity index (χ0n) is 14.5. The average molecular weight is 348 g/mol. The van der Waals surface area contributed by atoms with Gasteiger partial charge < -0.3 is 5.73 Å². The minimum absolute atomic E-state index is 0.0545. The van der Waals surface area contributed by atoms with Crippen LogP contribution in [0.25, 0.3) is 32.0 Å². The molecular weight excluding hydrogens is 328 g/mol. The molecule has 0 saturated heterocycles. The number of benzene rings is 2. The molecular formula is C20H20N4S. The molecule has 0 saturated carbocycles. The molecule has 2 aromatic carbocycles. The number of aromatic nitrogens is 3. The molecule has 0 aliphatic heterocycles. The molecule has 0 radical (unpaired) electrons. The standard InChI is InChI=1S/C20H20N4S/c1-20(2,3)12-10-14(16-8-9-22-24-16)18-17(11-12)25-19(23-18)13-6-4-5-7-15(13)21/h4-11H,21H2,1-3H3,(H,22,24). The van der Waals surface area contributed by atoms with Crippen molar-refractivity contribution in [3.8, 4) is 21.8 Å². The zero-order valence-corrected chi connectivity index (χ0v) is 15.3. The van der Waals surface area contributed by atoms with E-state index in [2.05, 4.69) is 43.1 Å². The van der Waals surface area contributed by atoms with E-state index in [1.807, 2.05) is 30.3 Å². The van der Waals surface area contributed by atoms with Crippen molar-refractivity contribution >= 4 is 27.2 Å². The monoisotopic (exact) mass is 348 g/mol. The van der Waals surface area contributed by atoms with Crippen molar-refractivity contribution in [1.82, 2.24) is 15.2 Å². The summed E-state index contributed by atoms with van der Waals surface area (Å²) in [6, 6.07) is 14.3. The number of fused-ring (bicyclic) bond motifs is 1. The lowest BCUT2D eigenvalue weighted by molar-refractivity contribution is 0.591. The molecule has 0 bridgehead atoms. The van der Waals surface area contributed by atoms with Crippen LogP contribution in [0.5, 0.6) is 0 Å². The molecule has 3 N–H and O–H groups in total. The number of nitrogen functional groups attached to an aromatic ring is 1. The smallest absolute Gasteiger partial charge is 0.126 e. The van der Waals surface area contributed by atoms with Crippen molar-refractivity contribution in [2.24, 2.45) is 0 Å². The van der Waals surface area contributed by atoms with Crippen LogP contribution in [0.15, 0.2) is 48.7 Å². The van der Waals surface area contributed by atoms with Gasteiger partial charge in [-0.1, -0.05) is 32.9 Å². The Hall–Kier alpha value is -2.66. The first-order chi connectivity index (χ1) is 11.9. The van der Waals surface area contributed by atoms with Crippen LogP contribution in [-0.2, 0) is 5.41 Å². The Bertz CT molecular complexity index is 1040. The minimum atomic E-state index is 0.0545. The Morgan fingerprint density at radius 2 is 1.84 bits per heavy atom. The number of rotatable bonds is 2. The van der Waals surface area contributed by atoms with E-state index in [4.69, 9.17) is 10.7 Å². The number of nitrogens with zero attached hydrogens (tertiary/aromatic N) is 2. The summed E-state index contributed by atoms with van der Waals surface area (Å²) >= 11 is 1.68. The summed E-state index contributed by atoms with van der Waals surface area (Å²) in [5.41, 5.74) is 12.3. The number of nitrogens with one attached hydrogen (secondary N) is 1. The predicted octanol–water partition coefficient (Wildman–Crippen LogP) is 5.23. The quantitative estimate of drug-likeness (QED) is 0.487. The summed E-state index contributed by atoms with van der Waals surface area (Å²) < 4.78 is 1.16. The van der Waals surface area contributed by atoms with Crippen LogP contribution in [0.3, 0.4) is 0 Å². The Morgan fingerprint density at radius 3 is 2.52 bits per heavy atom. The Balaban J connectivity index is 2.00. The summed E-state index contributed by atoms with van der Waals surface area (Å²) in [5.74, 6) is 0. The van der Waals surface area contributed by atoms with Gasteiger partial charge in [0, 0.05) is 23.0 Å². The highest BCUT2D eigenvalue weighted by atomic mass is 32.1. The molecule has 2 heterocycles. The maximum atomic E-state index is 6.16. The summed E-state index contributed by atoms with van der Waals surface area (Å²) in [4.78, 5) is 4.91. The predicted molar refractivity (Wildman–Crippen MR) is 106 cm³/mol. The van der Waals surface area contributed by atoms with E-state index in [0.29, 0.717) is 0 Å². The highest BCUT2D eigenvalue weighted by molar-refractivity contribution is 7.21. The molecule has 2 aromatic heterocycles. The second kappa shape index (κ2) is 5.70. The Morgan fingerprint density at radius 1 is 1.04 bits per heavy atom. The van der Waals surface area contributed by atoms with E-state index >= 15 is 0 Å². The number of thiazole rings is 1. The van der Waals surface area contributed by atoms with Crippen LogP contribution >= 0.6 is 11.3 Å². The van der Waals surface area contributed by atoms with Gasteiger partial charge in [0.1, 0.15) is 5.01 Å². The molecule has 0 unspecified atom stereocenters. The third kappa shape index (κ3) is 2.81. The largest absolute Gasteiger partial charge is 0.398 e. The summed E-state index contributed by atoms with van der Waals surface area (Å²) in [6.07, 6.45) is 1.77. The number of hydrogen-bond acceptors (Lipinski definition) is 4. The van der Waals surface area contributed by atoms with Crippen LogP contribution in [-0.4, -0.2) is 15.2 Å². The fourth-order valence-electron chi connectivity index (χ4n) is 2.88. The molecule has 0 aliphatic carbocycles. The minimum Gasteiger partial charge on any atom is -0.398 e. The zero-order chi connectivity index (χ0) is 17.6. The van der Waals surface area contributed by atoms with Gasteiger partial charge in [0.2, 0.25) is 0 Å². The van der Waals surface area contributed by atoms with Crippen molar-refractivity contribution < 1.29 is 0 Å². The molecule has 0 fully saturated rings. The van der Waals surface area contributed by atoms with Gasteiger partial charge >= 0.3 is 0 Å².